The Balaban J connectivity index is 1.79. The zero-order chi connectivity index (χ0) is 18.9. The first kappa shape index (κ1) is 18.7. The molecule has 0 saturated carbocycles. The number of carbonyl (C=O) groups is 1. The van der Waals surface area contributed by atoms with Crippen molar-refractivity contribution in [1.82, 2.24) is 0 Å². The lowest BCUT2D eigenvalue weighted by Gasteiger charge is -2.25. The van der Waals surface area contributed by atoms with Crippen LogP contribution in [0, 0.1) is 0 Å². The Labute approximate surface area is 150 Å². The number of Topliss-reactive ketones (excluding diaryl/α,β-unsaturated/α-hetero) is 1. The fraction of sp³-hybridized carbons (Fsp3) is 0.375. The Kier molecular flexibility index (Phi) is 5.26. The molecule has 2 saturated heterocycles. The molecule has 2 bridgehead atoms. The van der Waals surface area contributed by atoms with Crippen molar-refractivity contribution in [1.29, 1.82) is 0 Å². The predicted octanol–water partition coefficient (Wildman–Crippen LogP) is 2.76. The van der Waals surface area contributed by atoms with E-state index < -0.39 is 18.2 Å². The molecule has 2 aliphatic rings. The third-order valence-electron chi connectivity index (χ3n) is 3.72. The third-order valence-corrected chi connectivity index (χ3v) is 4.85. The number of hydrogen-bond acceptors (Lipinski definition) is 7. The second-order valence-electron chi connectivity index (χ2n) is 5.63. The van der Waals surface area contributed by atoms with E-state index in [9.17, 15) is 18.0 Å². The van der Waals surface area contributed by atoms with Gasteiger partial charge in [-0.2, -0.15) is 13.2 Å². The van der Waals surface area contributed by atoms with Gasteiger partial charge in [0.1, 0.15) is 11.4 Å². The molecule has 1 aromatic heterocycles. The number of hydrogen-bond donors (Lipinski definition) is 1. The molecule has 3 heterocycles. The molecule has 0 amide bonds. The maximum absolute atomic E-state index is 12.7. The van der Waals surface area contributed by atoms with Crippen molar-refractivity contribution in [3.63, 3.8) is 0 Å². The Morgan fingerprint density at radius 1 is 1.46 bits per heavy atom. The zero-order valence-corrected chi connectivity index (χ0v) is 14.2. The first-order valence-corrected chi connectivity index (χ1v) is 8.44. The second-order valence-corrected chi connectivity index (χ2v) is 6.94. The van der Waals surface area contributed by atoms with Crippen LogP contribution in [0.3, 0.4) is 0 Å². The Morgan fingerprint density at radius 3 is 2.88 bits per heavy atom. The fourth-order valence-electron chi connectivity index (χ4n) is 2.47. The van der Waals surface area contributed by atoms with Gasteiger partial charge in [0, 0.05) is 11.7 Å². The van der Waals surface area contributed by atoms with Gasteiger partial charge in [-0.3, -0.25) is 4.79 Å². The van der Waals surface area contributed by atoms with E-state index in [2.05, 4.69) is 11.6 Å². The Bertz CT molecular complexity index is 758. The number of nitrogens with zero attached hydrogens (tertiary/aromatic N) is 1. The van der Waals surface area contributed by atoms with Crippen LogP contribution in [0.5, 0.6) is 0 Å². The van der Waals surface area contributed by atoms with Gasteiger partial charge >= 0.3 is 6.18 Å². The van der Waals surface area contributed by atoms with Gasteiger partial charge in [0.05, 0.1) is 24.0 Å². The van der Waals surface area contributed by atoms with E-state index in [-0.39, 0.29) is 46.7 Å². The maximum atomic E-state index is 12.7. The average Bonchev–Trinajstić information content (AvgIpc) is 3.22. The first-order valence-electron chi connectivity index (χ1n) is 7.56. The van der Waals surface area contributed by atoms with Crippen molar-refractivity contribution in [2.75, 3.05) is 6.61 Å². The molecule has 2 aliphatic heterocycles. The summed E-state index contributed by atoms with van der Waals surface area (Å²) in [6.45, 7) is 4.02. The standard InChI is InChI=1S/C16H15F3N2O4S/c1-8(26-13-6-10(22)15-24-7-12(13)25-15)21-9(11-3-2-4-23-11)5-14(20)16(17,18)19/h2-5,12-13,15H,1,6-7,20H2/b14-5-,21-9?. The number of rotatable bonds is 5. The van der Waals surface area contributed by atoms with Crippen molar-refractivity contribution in [2.45, 2.75) is 30.2 Å². The Morgan fingerprint density at radius 2 is 2.23 bits per heavy atom. The normalized spacial score (nSPS) is 27.0. The van der Waals surface area contributed by atoms with E-state index in [0.717, 1.165) is 11.8 Å². The van der Waals surface area contributed by atoms with Crippen LogP contribution < -0.4 is 5.73 Å². The van der Waals surface area contributed by atoms with Gasteiger partial charge in [-0.25, -0.2) is 4.99 Å². The fourth-order valence-corrected chi connectivity index (χ4v) is 3.52. The molecule has 3 rings (SSSR count). The van der Waals surface area contributed by atoms with E-state index in [1.54, 1.807) is 0 Å². The number of aliphatic imine (C=N–C) groups is 1. The van der Waals surface area contributed by atoms with Crippen LogP contribution in [0.1, 0.15) is 12.2 Å². The van der Waals surface area contributed by atoms with Gasteiger partial charge < -0.3 is 19.6 Å². The number of ketones is 1. The van der Waals surface area contributed by atoms with Crippen LogP contribution in [0.2, 0.25) is 0 Å². The summed E-state index contributed by atoms with van der Waals surface area (Å²) in [5.41, 5.74) is 3.65. The minimum absolute atomic E-state index is 0.110. The number of fused-ring (bicyclic) bond motifs is 2. The molecule has 1 aromatic rings. The van der Waals surface area contributed by atoms with Crippen LogP contribution in [0.25, 0.3) is 0 Å². The molecule has 26 heavy (non-hydrogen) atoms. The molecule has 0 spiro atoms. The largest absolute Gasteiger partial charge is 0.463 e. The maximum Gasteiger partial charge on any atom is 0.430 e. The van der Waals surface area contributed by atoms with E-state index in [4.69, 9.17) is 19.6 Å². The number of alkyl halides is 3. The van der Waals surface area contributed by atoms with E-state index in [1.165, 1.54) is 18.4 Å². The second kappa shape index (κ2) is 7.29. The highest BCUT2D eigenvalue weighted by Crippen LogP contribution is 2.36. The summed E-state index contributed by atoms with van der Waals surface area (Å²) in [6, 6.07) is 2.97. The summed E-state index contributed by atoms with van der Waals surface area (Å²) in [7, 11) is 0. The molecule has 0 aliphatic carbocycles. The lowest BCUT2D eigenvalue weighted by molar-refractivity contribution is -0.151. The summed E-state index contributed by atoms with van der Waals surface area (Å²) in [4.78, 5) is 15.9. The van der Waals surface area contributed by atoms with Crippen LogP contribution in [-0.4, -0.2) is 41.9 Å². The lowest BCUT2D eigenvalue weighted by Crippen LogP contribution is -2.37. The van der Waals surface area contributed by atoms with Crippen LogP contribution in [0.4, 0.5) is 13.2 Å². The number of ether oxygens (including phenoxy) is 2. The summed E-state index contributed by atoms with van der Waals surface area (Å²) in [5.74, 6) is -0.0697. The van der Waals surface area contributed by atoms with Gasteiger partial charge in [0.15, 0.2) is 11.5 Å². The summed E-state index contributed by atoms with van der Waals surface area (Å²) in [6.07, 6.45) is -3.60. The van der Waals surface area contributed by atoms with Crippen LogP contribution in [0.15, 0.2) is 51.2 Å². The molecule has 6 nitrogen and oxygen atoms in total. The highest BCUT2D eigenvalue weighted by Gasteiger charge is 2.43. The van der Waals surface area contributed by atoms with Crippen molar-refractivity contribution < 1.29 is 31.9 Å². The van der Waals surface area contributed by atoms with Crippen molar-refractivity contribution in [3.8, 4) is 0 Å². The van der Waals surface area contributed by atoms with E-state index >= 15 is 0 Å². The topological polar surface area (TPSA) is 87.1 Å². The molecule has 2 fully saturated rings. The highest BCUT2D eigenvalue weighted by molar-refractivity contribution is 8.03. The van der Waals surface area contributed by atoms with Gasteiger partial charge in [-0.15, -0.1) is 11.8 Å². The van der Waals surface area contributed by atoms with Gasteiger partial charge in [-0.05, 0) is 18.2 Å². The molecule has 0 aromatic carbocycles. The van der Waals surface area contributed by atoms with Gasteiger partial charge in [-0.1, -0.05) is 6.58 Å². The van der Waals surface area contributed by atoms with E-state index in [1.807, 2.05) is 0 Å². The average molecular weight is 388 g/mol. The molecule has 3 atom stereocenters. The van der Waals surface area contributed by atoms with Crippen LogP contribution >= 0.6 is 11.8 Å². The number of carbonyl (C=O) groups excluding carboxylic acids is 1. The molecule has 3 unspecified atom stereocenters. The quantitative estimate of drug-likeness (QED) is 0.781. The van der Waals surface area contributed by atoms with Crippen LogP contribution in [-0.2, 0) is 14.3 Å². The third kappa shape index (κ3) is 4.19. The molecule has 140 valence electrons. The Hall–Kier alpha value is -2.04. The first-order chi connectivity index (χ1) is 12.2. The van der Waals surface area contributed by atoms with Crippen molar-refractivity contribution >= 4 is 23.3 Å². The van der Waals surface area contributed by atoms with E-state index in [0.29, 0.717) is 6.08 Å². The minimum atomic E-state index is -4.69. The zero-order valence-electron chi connectivity index (χ0n) is 13.4. The molecular formula is C16H15F3N2O4S. The SMILES string of the molecule is C=C(N=C(/C=C(\N)C(F)(F)F)c1ccco1)SC1CC(=O)C2OCC1O2. The monoisotopic (exact) mass is 388 g/mol. The molecule has 10 heteroatoms. The smallest absolute Gasteiger partial charge is 0.430 e. The number of nitrogens with two attached hydrogens (primary N) is 1. The summed E-state index contributed by atoms with van der Waals surface area (Å²) >= 11 is 1.14. The summed E-state index contributed by atoms with van der Waals surface area (Å²) < 4.78 is 54.0. The molecule has 0 radical (unpaired) electrons. The summed E-state index contributed by atoms with van der Waals surface area (Å²) in [5, 5.41) is -0.0753. The lowest BCUT2D eigenvalue weighted by atomic mass is 10.1. The molecular weight excluding hydrogens is 373 g/mol. The van der Waals surface area contributed by atoms with Gasteiger partial charge in [0.2, 0.25) is 6.29 Å². The van der Waals surface area contributed by atoms with Gasteiger partial charge in [0.25, 0.3) is 0 Å². The number of halogens is 3. The highest BCUT2D eigenvalue weighted by atomic mass is 32.2. The number of furan rings is 1. The van der Waals surface area contributed by atoms with Crippen molar-refractivity contribution in [3.05, 3.63) is 47.5 Å². The number of thioether (sulfide) groups is 1. The number of allylic oxidation sites excluding steroid dienone is 2. The predicted molar refractivity (Wildman–Crippen MR) is 88.3 cm³/mol. The minimum Gasteiger partial charge on any atom is -0.463 e. The van der Waals surface area contributed by atoms with Crippen molar-refractivity contribution in [2.24, 2.45) is 10.7 Å². The molecule has 2 N–H and O–H groups in total.